The molecule has 1 N–H and O–H groups in total. The number of carbonyl (C=O) groups excluding carboxylic acids is 1. The molecule has 2 aromatic carbocycles. The third-order valence-electron chi connectivity index (χ3n) is 4.02. The Morgan fingerprint density at radius 1 is 1.20 bits per heavy atom. The van der Waals surface area contributed by atoms with Gasteiger partial charge >= 0.3 is 5.97 Å². The molecular weight excluding hydrogens is 254 g/mol. The van der Waals surface area contributed by atoms with E-state index in [1.54, 1.807) is 11.9 Å². The largest absolute Gasteiger partial charge is 0.481 e. The summed E-state index contributed by atoms with van der Waals surface area (Å²) in [5.41, 5.74) is 0.879. The number of fused-ring (bicyclic) bond motifs is 1. The Hall–Kier alpha value is -2.36. The summed E-state index contributed by atoms with van der Waals surface area (Å²) in [5.74, 6) is -1.70. The summed E-state index contributed by atoms with van der Waals surface area (Å²) >= 11 is 0. The maximum atomic E-state index is 11.8. The number of likely N-dealkylation sites (tertiary alicyclic amines) is 1. The molecule has 3 rings (SSSR count). The van der Waals surface area contributed by atoms with Crippen molar-refractivity contribution in [3.8, 4) is 0 Å². The lowest BCUT2D eigenvalue weighted by atomic mass is 9.92. The van der Waals surface area contributed by atoms with Crippen LogP contribution in [0.4, 0.5) is 0 Å². The lowest BCUT2D eigenvalue weighted by Crippen LogP contribution is -2.26. The molecule has 1 saturated heterocycles. The Morgan fingerprint density at radius 3 is 2.60 bits per heavy atom. The molecule has 1 fully saturated rings. The van der Waals surface area contributed by atoms with Crippen molar-refractivity contribution in [1.29, 1.82) is 0 Å². The number of amides is 1. The van der Waals surface area contributed by atoms with E-state index in [1.807, 2.05) is 42.5 Å². The first-order valence-corrected chi connectivity index (χ1v) is 6.55. The summed E-state index contributed by atoms with van der Waals surface area (Å²) in [6.45, 7) is 0. The van der Waals surface area contributed by atoms with Crippen LogP contribution in [0.1, 0.15) is 18.0 Å². The van der Waals surface area contributed by atoms with Crippen LogP contribution in [0.25, 0.3) is 10.8 Å². The van der Waals surface area contributed by atoms with E-state index in [9.17, 15) is 14.7 Å². The van der Waals surface area contributed by atoms with Crippen LogP contribution in [0.2, 0.25) is 0 Å². The van der Waals surface area contributed by atoms with Gasteiger partial charge in [-0.05, 0) is 22.4 Å². The first-order valence-electron chi connectivity index (χ1n) is 6.55. The number of hydrogen-bond donors (Lipinski definition) is 1. The molecule has 1 amide bonds. The second kappa shape index (κ2) is 4.63. The van der Waals surface area contributed by atoms with Gasteiger partial charge in [0.2, 0.25) is 5.91 Å². The molecule has 2 aromatic rings. The van der Waals surface area contributed by atoms with Gasteiger partial charge in [0.1, 0.15) is 0 Å². The van der Waals surface area contributed by atoms with Gasteiger partial charge in [0.05, 0.1) is 12.0 Å². The molecule has 0 radical (unpaired) electrons. The third-order valence-corrected chi connectivity index (χ3v) is 4.02. The van der Waals surface area contributed by atoms with E-state index < -0.39 is 11.9 Å². The minimum absolute atomic E-state index is 0.0727. The molecule has 1 aliphatic heterocycles. The number of rotatable bonds is 2. The van der Waals surface area contributed by atoms with E-state index in [0.29, 0.717) is 0 Å². The molecule has 2 atom stereocenters. The Bertz CT molecular complexity index is 695. The van der Waals surface area contributed by atoms with Crippen LogP contribution in [0.5, 0.6) is 0 Å². The van der Waals surface area contributed by atoms with Gasteiger partial charge in [0, 0.05) is 13.5 Å². The number of carboxylic acid groups (broad SMARTS) is 1. The summed E-state index contributed by atoms with van der Waals surface area (Å²) in [7, 11) is 1.67. The average Bonchev–Trinajstić information content (AvgIpc) is 2.75. The number of carbonyl (C=O) groups is 2. The lowest BCUT2D eigenvalue weighted by molar-refractivity contribution is -0.142. The Morgan fingerprint density at radius 2 is 1.90 bits per heavy atom. The molecule has 102 valence electrons. The summed E-state index contributed by atoms with van der Waals surface area (Å²) < 4.78 is 0. The molecule has 4 nitrogen and oxygen atoms in total. The molecule has 0 bridgehead atoms. The number of aliphatic carboxylic acids is 1. The van der Waals surface area contributed by atoms with Gasteiger partial charge in [0.15, 0.2) is 0 Å². The van der Waals surface area contributed by atoms with Crippen LogP contribution < -0.4 is 0 Å². The lowest BCUT2D eigenvalue weighted by Gasteiger charge is -2.23. The van der Waals surface area contributed by atoms with E-state index in [-0.39, 0.29) is 18.4 Å². The second-order valence-electron chi connectivity index (χ2n) is 5.20. The first-order chi connectivity index (χ1) is 9.58. The topological polar surface area (TPSA) is 57.6 Å². The number of carboxylic acids is 1. The van der Waals surface area contributed by atoms with Gasteiger partial charge in [-0.3, -0.25) is 9.59 Å². The zero-order valence-corrected chi connectivity index (χ0v) is 11.1. The highest BCUT2D eigenvalue weighted by Gasteiger charge is 2.42. The van der Waals surface area contributed by atoms with Crippen LogP contribution in [0, 0.1) is 5.92 Å². The highest BCUT2D eigenvalue weighted by Crippen LogP contribution is 2.38. The van der Waals surface area contributed by atoms with Crippen molar-refractivity contribution < 1.29 is 14.7 Å². The van der Waals surface area contributed by atoms with Crippen molar-refractivity contribution in [3.05, 3.63) is 48.0 Å². The van der Waals surface area contributed by atoms with Gasteiger partial charge < -0.3 is 10.0 Å². The molecule has 1 heterocycles. The van der Waals surface area contributed by atoms with Crippen LogP contribution >= 0.6 is 0 Å². The van der Waals surface area contributed by atoms with Crippen molar-refractivity contribution in [2.75, 3.05) is 7.05 Å². The van der Waals surface area contributed by atoms with E-state index >= 15 is 0 Å². The Labute approximate surface area is 116 Å². The molecule has 0 spiro atoms. The molecule has 0 aliphatic carbocycles. The molecule has 2 unspecified atom stereocenters. The van der Waals surface area contributed by atoms with Crippen molar-refractivity contribution in [2.45, 2.75) is 12.5 Å². The summed E-state index contributed by atoms with van der Waals surface area (Å²) in [6.07, 6.45) is 0.0727. The standard InChI is InChI=1S/C16H15NO3/c1-17-14(18)9-13(16(19)20)15(17)12-7-6-10-4-2-3-5-11(10)8-12/h2-8,13,15H,9H2,1H3,(H,19,20). The quantitative estimate of drug-likeness (QED) is 0.911. The minimum atomic E-state index is -0.916. The van der Waals surface area contributed by atoms with E-state index in [0.717, 1.165) is 16.3 Å². The molecular formula is C16H15NO3. The number of nitrogens with zero attached hydrogens (tertiary/aromatic N) is 1. The summed E-state index contributed by atoms with van der Waals surface area (Å²) in [4.78, 5) is 24.7. The van der Waals surface area contributed by atoms with E-state index in [4.69, 9.17) is 0 Å². The zero-order valence-electron chi connectivity index (χ0n) is 11.1. The van der Waals surface area contributed by atoms with Gasteiger partial charge in [-0.1, -0.05) is 36.4 Å². The normalized spacial score (nSPS) is 22.4. The predicted molar refractivity (Wildman–Crippen MR) is 75.2 cm³/mol. The fourth-order valence-electron chi connectivity index (χ4n) is 2.94. The van der Waals surface area contributed by atoms with Gasteiger partial charge in [-0.25, -0.2) is 0 Å². The van der Waals surface area contributed by atoms with Gasteiger partial charge in [0.25, 0.3) is 0 Å². The van der Waals surface area contributed by atoms with Crippen LogP contribution in [-0.2, 0) is 9.59 Å². The van der Waals surface area contributed by atoms with Crippen molar-refractivity contribution in [2.24, 2.45) is 5.92 Å². The second-order valence-corrected chi connectivity index (χ2v) is 5.20. The van der Waals surface area contributed by atoms with E-state index in [1.165, 1.54) is 0 Å². The Kier molecular flexibility index (Phi) is 2.93. The maximum absolute atomic E-state index is 11.8. The maximum Gasteiger partial charge on any atom is 0.309 e. The SMILES string of the molecule is CN1C(=O)CC(C(=O)O)C1c1ccc2ccccc2c1. The van der Waals surface area contributed by atoms with Crippen LogP contribution in [0.15, 0.2) is 42.5 Å². The molecule has 1 aliphatic rings. The molecule has 20 heavy (non-hydrogen) atoms. The van der Waals surface area contributed by atoms with Crippen LogP contribution in [0.3, 0.4) is 0 Å². The van der Waals surface area contributed by atoms with Crippen molar-refractivity contribution >= 4 is 22.6 Å². The van der Waals surface area contributed by atoms with Crippen molar-refractivity contribution in [3.63, 3.8) is 0 Å². The highest BCUT2D eigenvalue weighted by molar-refractivity contribution is 5.88. The molecule has 0 aromatic heterocycles. The fraction of sp³-hybridized carbons (Fsp3) is 0.250. The van der Waals surface area contributed by atoms with Crippen LogP contribution in [-0.4, -0.2) is 28.9 Å². The highest BCUT2D eigenvalue weighted by atomic mass is 16.4. The number of benzene rings is 2. The molecule has 4 heteroatoms. The third kappa shape index (κ3) is 1.93. The minimum Gasteiger partial charge on any atom is -0.481 e. The Balaban J connectivity index is 2.08. The monoisotopic (exact) mass is 269 g/mol. The molecule has 0 saturated carbocycles. The smallest absolute Gasteiger partial charge is 0.309 e. The zero-order chi connectivity index (χ0) is 14.3. The summed E-state index contributed by atoms with van der Waals surface area (Å²) in [5, 5.41) is 11.5. The predicted octanol–water partition coefficient (Wildman–Crippen LogP) is 2.44. The average molecular weight is 269 g/mol. The number of hydrogen-bond acceptors (Lipinski definition) is 2. The van der Waals surface area contributed by atoms with E-state index in [2.05, 4.69) is 0 Å². The first kappa shape index (κ1) is 12.7. The van der Waals surface area contributed by atoms with Gasteiger partial charge in [-0.15, -0.1) is 0 Å². The summed E-state index contributed by atoms with van der Waals surface area (Å²) in [6, 6.07) is 13.4. The van der Waals surface area contributed by atoms with Gasteiger partial charge in [-0.2, -0.15) is 0 Å². The van der Waals surface area contributed by atoms with Crippen molar-refractivity contribution in [1.82, 2.24) is 4.90 Å². The fourth-order valence-corrected chi connectivity index (χ4v) is 2.94.